The molecule has 0 bridgehead atoms. The quantitative estimate of drug-likeness (QED) is 0.123. The zero-order valence-electron chi connectivity index (χ0n) is 27.6. The molecule has 4 rings (SSSR count). The molecule has 0 aliphatic heterocycles. The summed E-state index contributed by atoms with van der Waals surface area (Å²) >= 11 is 0. The normalized spacial score (nSPS) is 14.7. The van der Waals surface area contributed by atoms with Crippen LogP contribution in [0.4, 0.5) is 4.39 Å². The molecule has 0 aromatic heterocycles. The smallest absolute Gasteiger partial charge is 0.331 e. The molecule has 0 saturated heterocycles. The van der Waals surface area contributed by atoms with Gasteiger partial charge in [0.15, 0.2) is 0 Å². The van der Waals surface area contributed by atoms with Crippen molar-refractivity contribution in [3.8, 4) is 11.1 Å². The van der Waals surface area contributed by atoms with Gasteiger partial charge in [0.2, 0.25) is 7.37 Å². The van der Waals surface area contributed by atoms with Gasteiger partial charge in [-0.15, -0.1) is 0 Å². The van der Waals surface area contributed by atoms with Crippen LogP contribution in [0, 0.1) is 37.9 Å². The first-order valence-electron chi connectivity index (χ1n) is 15.3. The van der Waals surface area contributed by atoms with Gasteiger partial charge in [-0.1, -0.05) is 105 Å². The highest BCUT2D eigenvalue weighted by molar-refractivity contribution is 7.62. The summed E-state index contributed by atoms with van der Waals surface area (Å²) in [6, 6.07) is 28.4. The Morgan fingerprint density at radius 2 is 1.50 bits per heavy atom. The number of benzene rings is 4. The van der Waals surface area contributed by atoms with Crippen LogP contribution < -0.4 is 10.4 Å². The molecule has 0 aliphatic rings. The van der Waals surface area contributed by atoms with Crippen LogP contribution in [0.25, 0.3) is 17.2 Å². The van der Waals surface area contributed by atoms with E-state index < -0.39 is 39.8 Å². The number of carboxylic acids is 1. The molecule has 0 heterocycles. The summed E-state index contributed by atoms with van der Waals surface area (Å²) in [5.74, 6) is -0.459. The largest absolute Gasteiger partial charge is 0.479 e. The molecule has 1 N–H and O–H groups in total. The van der Waals surface area contributed by atoms with Gasteiger partial charge in [-0.3, -0.25) is 4.57 Å². The third-order valence-corrected chi connectivity index (χ3v) is 12.6. The van der Waals surface area contributed by atoms with Crippen LogP contribution in [0.5, 0.6) is 0 Å². The highest BCUT2D eigenvalue weighted by Gasteiger charge is 2.43. The molecule has 8 heteroatoms. The average Bonchev–Trinajstić information content (AvgIpc) is 3.01. The lowest BCUT2D eigenvalue weighted by Gasteiger charge is -2.37. The van der Waals surface area contributed by atoms with Crippen molar-refractivity contribution >= 4 is 38.8 Å². The van der Waals surface area contributed by atoms with Crippen LogP contribution in [-0.4, -0.2) is 39.5 Å². The van der Waals surface area contributed by atoms with Crippen LogP contribution in [0.1, 0.15) is 43.0 Å². The molecular formula is C38H43FO5PSi. The van der Waals surface area contributed by atoms with Gasteiger partial charge in [0.1, 0.15) is 11.9 Å². The zero-order valence-corrected chi connectivity index (χ0v) is 29.5. The van der Waals surface area contributed by atoms with E-state index in [1.165, 1.54) is 13.2 Å². The number of aryl methyl sites for hydroxylation is 3. The van der Waals surface area contributed by atoms with E-state index in [4.69, 9.17) is 8.95 Å². The number of carboxylic acid groups (broad SMARTS) is 1. The second kappa shape index (κ2) is 14.9. The lowest BCUT2D eigenvalue weighted by Crippen LogP contribution is -2.52. The highest BCUT2D eigenvalue weighted by atomic mass is 31.2. The lowest BCUT2D eigenvalue weighted by atomic mass is 9.78. The minimum absolute atomic E-state index is 0.0326. The SMILES string of the molecule is COP(=O)(C=Cc1c(C)cc(C)cc1-c1ccc(F)c(C)c1)CC([C@H](O[Si](c1ccccc1)c1ccccc1)C(=O)O)C(C)(C)C. The van der Waals surface area contributed by atoms with Gasteiger partial charge in [0.05, 0.1) is 0 Å². The van der Waals surface area contributed by atoms with Crippen molar-refractivity contribution in [3.63, 3.8) is 0 Å². The molecule has 0 saturated carbocycles. The first-order chi connectivity index (χ1) is 21.7. The van der Waals surface area contributed by atoms with E-state index in [1.807, 2.05) is 107 Å². The Labute approximate surface area is 274 Å². The van der Waals surface area contributed by atoms with Crippen LogP contribution in [0.2, 0.25) is 0 Å². The summed E-state index contributed by atoms with van der Waals surface area (Å²) in [6.45, 7) is 11.5. The first-order valence-corrected chi connectivity index (χ1v) is 18.6. The summed E-state index contributed by atoms with van der Waals surface area (Å²) in [6.07, 6.45) is 0.520. The molecule has 4 aromatic rings. The highest BCUT2D eigenvalue weighted by Crippen LogP contribution is 2.53. The summed E-state index contributed by atoms with van der Waals surface area (Å²) in [5, 5.41) is 12.5. The maximum Gasteiger partial charge on any atom is 0.331 e. The summed E-state index contributed by atoms with van der Waals surface area (Å²) in [7, 11) is -4.10. The predicted molar refractivity (Wildman–Crippen MR) is 188 cm³/mol. The Morgan fingerprint density at radius 1 is 0.913 bits per heavy atom. The van der Waals surface area contributed by atoms with Gasteiger partial charge >= 0.3 is 5.97 Å². The van der Waals surface area contributed by atoms with Gasteiger partial charge < -0.3 is 14.1 Å². The van der Waals surface area contributed by atoms with E-state index in [1.54, 1.807) is 30.9 Å². The first kappa shape index (κ1) is 35.2. The van der Waals surface area contributed by atoms with Crippen molar-refractivity contribution < 1.29 is 27.8 Å². The fraction of sp³-hybridized carbons (Fsp3) is 0.289. The molecule has 4 aromatic carbocycles. The second-order valence-corrected chi connectivity index (χ2v) is 17.4. The van der Waals surface area contributed by atoms with Gasteiger partial charge in [-0.2, -0.15) is 0 Å². The van der Waals surface area contributed by atoms with Crippen molar-refractivity contribution in [1.29, 1.82) is 0 Å². The minimum Gasteiger partial charge on any atom is -0.479 e. The second-order valence-electron chi connectivity index (χ2n) is 12.8. The Hall–Kier alpha value is -3.61. The maximum absolute atomic E-state index is 14.5. The van der Waals surface area contributed by atoms with E-state index in [9.17, 15) is 18.9 Å². The minimum atomic E-state index is -3.53. The molecule has 2 unspecified atom stereocenters. The third kappa shape index (κ3) is 8.59. The average molecular weight is 658 g/mol. The lowest BCUT2D eigenvalue weighted by molar-refractivity contribution is -0.149. The number of carbonyl (C=O) groups is 1. The molecule has 1 radical (unpaired) electrons. The van der Waals surface area contributed by atoms with Gasteiger partial charge in [0, 0.05) is 25.0 Å². The monoisotopic (exact) mass is 657 g/mol. The standard InChI is InChI=1S/C38H43FO5PSi/c1-26-22-27(2)32(33(23-26)29-18-19-35(39)28(3)24-29)20-21-45(42,43-7)25-34(38(4,5)6)36(37(40)41)44-46(30-14-10-8-11-15-30)31-16-12-9-13-17-31/h8-24,34,36H,25H2,1-7H3,(H,40,41)/t34?,36-,45?/m0/s1. The summed E-state index contributed by atoms with van der Waals surface area (Å²) in [5.41, 5.74) is 4.53. The molecule has 0 spiro atoms. The molecular weight excluding hydrogens is 614 g/mol. The Morgan fingerprint density at radius 3 is 2.00 bits per heavy atom. The molecule has 0 fully saturated rings. The van der Waals surface area contributed by atoms with Crippen LogP contribution in [-0.2, 0) is 18.3 Å². The summed E-state index contributed by atoms with van der Waals surface area (Å²) < 4.78 is 40.9. The number of halogens is 1. The van der Waals surface area contributed by atoms with Crippen LogP contribution in [0.15, 0.2) is 96.8 Å². The molecule has 5 nitrogen and oxygen atoms in total. The van der Waals surface area contributed by atoms with Crippen LogP contribution in [0.3, 0.4) is 0 Å². The third-order valence-electron chi connectivity index (χ3n) is 8.27. The van der Waals surface area contributed by atoms with E-state index in [-0.39, 0.29) is 12.0 Å². The van der Waals surface area contributed by atoms with E-state index in [0.29, 0.717) is 5.56 Å². The van der Waals surface area contributed by atoms with Crippen molar-refractivity contribution in [2.75, 3.05) is 13.3 Å². The van der Waals surface area contributed by atoms with Gasteiger partial charge in [0.25, 0.3) is 9.04 Å². The van der Waals surface area contributed by atoms with E-state index in [2.05, 4.69) is 0 Å². The van der Waals surface area contributed by atoms with Gasteiger partial charge in [-0.25, -0.2) is 9.18 Å². The molecule has 3 atom stereocenters. The molecule has 0 amide bonds. The van der Waals surface area contributed by atoms with Crippen molar-refractivity contribution in [2.24, 2.45) is 11.3 Å². The molecule has 0 aliphatic carbocycles. The van der Waals surface area contributed by atoms with Crippen LogP contribution >= 0.6 is 7.37 Å². The predicted octanol–water partition coefficient (Wildman–Crippen LogP) is 8.25. The number of hydrogen-bond donors (Lipinski definition) is 1. The van der Waals surface area contributed by atoms with E-state index >= 15 is 0 Å². The Bertz CT molecular complexity index is 1690. The Balaban J connectivity index is 1.74. The molecule has 241 valence electrons. The zero-order chi connectivity index (χ0) is 33.6. The topological polar surface area (TPSA) is 72.8 Å². The van der Waals surface area contributed by atoms with Crippen molar-refractivity contribution in [2.45, 2.75) is 47.6 Å². The fourth-order valence-electron chi connectivity index (χ4n) is 5.65. The maximum atomic E-state index is 14.5. The summed E-state index contributed by atoms with van der Waals surface area (Å²) in [4.78, 5) is 13.0. The fourth-order valence-corrected chi connectivity index (χ4v) is 9.82. The number of rotatable bonds is 12. The van der Waals surface area contributed by atoms with E-state index in [0.717, 1.165) is 38.2 Å². The van der Waals surface area contributed by atoms with Crippen molar-refractivity contribution in [1.82, 2.24) is 0 Å². The van der Waals surface area contributed by atoms with Crippen molar-refractivity contribution in [3.05, 3.63) is 125 Å². The van der Waals surface area contributed by atoms with Gasteiger partial charge in [-0.05, 0) is 82.6 Å². The molecule has 46 heavy (non-hydrogen) atoms. The Kier molecular flexibility index (Phi) is 11.4. The number of hydrogen-bond acceptors (Lipinski definition) is 4. The number of aliphatic carboxylic acids is 1.